The van der Waals surface area contributed by atoms with Crippen molar-refractivity contribution in [3.8, 4) is 5.75 Å². The number of halogens is 1. The summed E-state index contributed by atoms with van der Waals surface area (Å²) in [7, 11) is 1.43. The van der Waals surface area contributed by atoms with Crippen molar-refractivity contribution in [2.45, 2.75) is 5.75 Å². The van der Waals surface area contributed by atoms with Crippen LogP contribution in [0.25, 0.3) is 10.8 Å². The lowest BCUT2D eigenvalue weighted by Gasteiger charge is -2.07. The van der Waals surface area contributed by atoms with Crippen molar-refractivity contribution in [2.24, 2.45) is 0 Å². The SMILES string of the molecule is COc1ccc(CSCC(=O)Nc2ccc3ccccc3c2)cc1F. The van der Waals surface area contributed by atoms with Crippen molar-refractivity contribution in [3.63, 3.8) is 0 Å². The molecule has 128 valence electrons. The minimum absolute atomic E-state index is 0.0748. The first-order valence-electron chi connectivity index (χ1n) is 7.84. The number of fused-ring (bicyclic) bond motifs is 1. The number of amides is 1. The maximum absolute atomic E-state index is 13.6. The summed E-state index contributed by atoms with van der Waals surface area (Å²) in [6, 6.07) is 18.7. The first kappa shape index (κ1) is 17.3. The summed E-state index contributed by atoms with van der Waals surface area (Å²) < 4.78 is 18.5. The molecule has 0 spiro atoms. The Hall–Kier alpha value is -2.53. The fourth-order valence-corrected chi connectivity index (χ4v) is 3.30. The number of carbonyl (C=O) groups is 1. The molecule has 0 bridgehead atoms. The van der Waals surface area contributed by atoms with Gasteiger partial charge in [-0.1, -0.05) is 36.4 Å². The van der Waals surface area contributed by atoms with E-state index in [-0.39, 0.29) is 17.5 Å². The first-order valence-corrected chi connectivity index (χ1v) is 9.00. The van der Waals surface area contributed by atoms with E-state index >= 15 is 0 Å². The molecule has 3 nitrogen and oxygen atoms in total. The zero-order valence-electron chi connectivity index (χ0n) is 13.8. The van der Waals surface area contributed by atoms with Gasteiger partial charge in [0.05, 0.1) is 12.9 Å². The topological polar surface area (TPSA) is 38.3 Å². The Morgan fingerprint density at radius 2 is 1.88 bits per heavy atom. The maximum Gasteiger partial charge on any atom is 0.234 e. The first-order chi connectivity index (χ1) is 12.2. The van der Waals surface area contributed by atoms with Gasteiger partial charge < -0.3 is 10.1 Å². The van der Waals surface area contributed by atoms with Crippen LogP contribution in [0.1, 0.15) is 5.56 Å². The molecule has 5 heteroatoms. The largest absolute Gasteiger partial charge is 0.494 e. The van der Waals surface area contributed by atoms with Crippen molar-refractivity contribution in [3.05, 3.63) is 72.0 Å². The standard InChI is InChI=1S/C20H18FNO2S/c1-24-19-9-6-14(10-18(19)21)12-25-13-20(23)22-17-8-7-15-4-2-3-5-16(15)11-17/h2-11H,12-13H2,1H3,(H,22,23). The van der Waals surface area contributed by atoms with E-state index in [0.29, 0.717) is 11.5 Å². The number of carbonyl (C=O) groups excluding carboxylic acids is 1. The van der Waals surface area contributed by atoms with Crippen molar-refractivity contribution in [1.82, 2.24) is 0 Å². The lowest BCUT2D eigenvalue weighted by molar-refractivity contribution is -0.113. The second-order valence-corrected chi connectivity index (χ2v) is 6.56. The monoisotopic (exact) mass is 355 g/mol. The van der Waals surface area contributed by atoms with Crippen LogP contribution < -0.4 is 10.1 Å². The highest BCUT2D eigenvalue weighted by atomic mass is 32.2. The van der Waals surface area contributed by atoms with Crippen LogP contribution in [0.2, 0.25) is 0 Å². The van der Waals surface area contributed by atoms with Crippen LogP contribution in [-0.2, 0) is 10.5 Å². The molecule has 0 unspecified atom stereocenters. The molecule has 0 aromatic heterocycles. The van der Waals surface area contributed by atoms with Crippen molar-refractivity contribution in [2.75, 3.05) is 18.2 Å². The van der Waals surface area contributed by atoms with Crippen LogP contribution in [0.4, 0.5) is 10.1 Å². The van der Waals surface area contributed by atoms with Crippen LogP contribution in [0.15, 0.2) is 60.7 Å². The van der Waals surface area contributed by atoms with Gasteiger partial charge in [0.2, 0.25) is 5.91 Å². The molecule has 0 fully saturated rings. The van der Waals surface area contributed by atoms with Gasteiger partial charge in [0.15, 0.2) is 11.6 Å². The Morgan fingerprint density at radius 3 is 2.64 bits per heavy atom. The number of benzene rings is 3. The highest BCUT2D eigenvalue weighted by Gasteiger charge is 2.06. The van der Waals surface area contributed by atoms with Gasteiger partial charge in [0, 0.05) is 11.4 Å². The number of anilines is 1. The normalized spacial score (nSPS) is 10.6. The zero-order valence-corrected chi connectivity index (χ0v) is 14.6. The van der Waals surface area contributed by atoms with E-state index in [9.17, 15) is 9.18 Å². The molecule has 25 heavy (non-hydrogen) atoms. The average molecular weight is 355 g/mol. The fourth-order valence-electron chi connectivity index (χ4n) is 2.53. The smallest absolute Gasteiger partial charge is 0.234 e. The molecule has 3 rings (SSSR count). The molecule has 1 N–H and O–H groups in total. The Balaban J connectivity index is 1.53. The van der Waals surface area contributed by atoms with Crippen LogP contribution >= 0.6 is 11.8 Å². The lowest BCUT2D eigenvalue weighted by Crippen LogP contribution is -2.14. The fraction of sp³-hybridized carbons (Fsp3) is 0.150. The number of hydrogen-bond donors (Lipinski definition) is 1. The average Bonchev–Trinajstić information content (AvgIpc) is 2.62. The third-order valence-corrected chi connectivity index (χ3v) is 4.76. The summed E-state index contributed by atoms with van der Waals surface area (Å²) in [6.45, 7) is 0. The van der Waals surface area contributed by atoms with Crippen molar-refractivity contribution in [1.29, 1.82) is 0 Å². The van der Waals surface area contributed by atoms with E-state index in [1.807, 2.05) is 42.5 Å². The second kappa shape index (κ2) is 8.03. The summed E-state index contributed by atoms with van der Waals surface area (Å²) in [4.78, 5) is 12.1. The molecule has 0 heterocycles. The second-order valence-electron chi connectivity index (χ2n) is 5.57. The van der Waals surface area contributed by atoms with E-state index in [0.717, 1.165) is 22.0 Å². The van der Waals surface area contributed by atoms with Gasteiger partial charge in [-0.05, 0) is 40.6 Å². The van der Waals surface area contributed by atoms with E-state index in [1.54, 1.807) is 12.1 Å². The van der Waals surface area contributed by atoms with Gasteiger partial charge in [-0.15, -0.1) is 11.8 Å². The van der Waals surface area contributed by atoms with Gasteiger partial charge >= 0.3 is 0 Å². The number of methoxy groups -OCH3 is 1. The van der Waals surface area contributed by atoms with Gasteiger partial charge in [-0.25, -0.2) is 4.39 Å². The third-order valence-electron chi connectivity index (χ3n) is 3.75. The van der Waals surface area contributed by atoms with E-state index in [2.05, 4.69) is 5.32 Å². The number of thioether (sulfide) groups is 1. The minimum atomic E-state index is -0.388. The van der Waals surface area contributed by atoms with Crippen LogP contribution in [0.5, 0.6) is 5.75 Å². The summed E-state index contributed by atoms with van der Waals surface area (Å²) >= 11 is 1.44. The molecule has 0 atom stereocenters. The Kier molecular flexibility index (Phi) is 5.56. The van der Waals surface area contributed by atoms with E-state index < -0.39 is 0 Å². The van der Waals surface area contributed by atoms with Crippen LogP contribution in [0, 0.1) is 5.82 Å². The Labute approximate surface area is 150 Å². The van der Waals surface area contributed by atoms with Gasteiger partial charge in [-0.2, -0.15) is 0 Å². The molecule has 0 aliphatic heterocycles. The predicted octanol–water partition coefficient (Wildman–Crippen LogP) is 4.86. The molecular formula is C20H18FNO2S. The van der Waals surface area contributed by atoms with Crippen LogP contribution in [-0.4, -0.2) is 18.8 Å². The summed E-state index contributed by atoms with van der Waals surface area (Å²) in [5, 5.41) is 5.12. The molecule has 0 aliphatic carbocycles. The Morgan fingerprint density at radius 1 is 1.08 bits per heavy atom. The van der Waals surface area contributed by atoms with Gasteiger partial charge in [-0.3, -0.25) is 4.79 Å². The number of ether oxygens (including phenoxy) is 1. The quantitative estimate of drug-likeness (QED) is 0.686. The van der Waals surface area contributed by atoms with Crippen molar-refractivity contribution >= 4 is 34.1 Å². The van der Waals surface area contributed by atoms with E-state index in [1.165, 1.54) is 24.9 Å². The number of hydrogen-bond acceptors (Lipinski definition) is 3. The molecule has 1 amide bonds. The van der Waals surface area contributed by atoms with Crippen molar-refractivity contribution < 1.29 is 13.9 Å². The highest BCUT2D eigenvalue weighted by Crippen LogP contribution is 2.22. The van der Waals surface area contributed by atoms with Gasteiger partial charge in [0.25, 0.3) is 0 Å². The number of rotatable bonds is 6. The molecule has 0 saturated carbocycles. The minimum Gasteiger partial charge on any atom is -0.494 e. The zero-order chi connectivity index (χ0) is 17.6. The number of nitrogens with one attached hydrogen (secondary N) is 1. The van der Waals surface area contributed by atoms with Gasteiger partial charge in [0.1, 0.15) is 0 Å². The lowest BCUT2D eigenvalue weighted by atomic mass is 10.1. The van der Waals surface area contributed by atoms with E-state index in [4.69, 9.17) is 4.74 Å². The molecule has 3 aromatic rings. The molecule has 0 radical (unpaired) electrons. The van der Waals surface area contributed by atoms with Crippen LogP contribution in [0.3, 0.4) is 0 Å². The molecule has 0 aliphatic rings. The third kappa shape index (κ3) is 4.51. The molecular weight excluding hydrogens is 337 g/mol. The highest BCUT2D eigenvalue weighted by molar-refractivity contribution is 7.99. The summed E-state index contributed by atoms with van der Waals surface area (Å²) in [6.07, 6.45) is 0. The maximum atomic E-state index is 13.6. The summed E-state index contributed by atoms with van der Waals surface area (Å²) in [5.41, 5.74) is 1.60. The molecule has 3 aromatic carbocycles. The molecule has 0 saturated heterocycles. The summed E-state index contributed by atoms with van der Waals surface area (Å²) in [5.74, 6) is 0.630. The predicted molar refractivity (Wildman–Crippen MR) is 102 cm³/mol. The Bertz CT molecular complexity index is 898.